The molecule has 0 aliphatic carbocycles. The number of amides is 1. The summed E-state index contributed by atoms with van der Waals surface area (Å²) in [5, 5.41) is 25.9. The van der Waals surface area contributed by atoms with Crippen molar-refractivity contribution in [2.45, 2.75) is 44.6 Å². The third-order valence-corrected chi connectivity index (χ3v) is 5.47. The van der Waals surface area contributed by atoms with Crippen molar-refractivity contribution in [3.63, 3.8) is 0 Å². The molecule has 0 radical (unpaired) electrons. The number of benzene rings is 1. The highest BCUT2D eigenvalue weighted by molar-refractivity contribution is 7.98. The molecule has 2 rings (SSSR count). The standard InChI is InChI=1S/C19H26N2O7S/c1-9(2)20-12-6-28-19(26)16-10(3)14(22)5-15(23)11(16)7-29-8-13(18(25)27-4)21-17(12)24/h5,9,12-13,20,22-23H,6-8H2,1-4H3,(H,21,24)/t12-,13-/m0/s1. The quantitative estimate of drug-likeness (QED) is 0.519. The van der Waals surface area contributed by atoms with Gasteiger partial charge in [-0.1, -0.05) is 13.8 Å². The van der Waals surface area contributed by atoms with Gasteiger partial charge in [-0.25, -0.2) is 9.59 Å². The Hall–Kier alpha value is -2.46. The highest BCUT2D eigenvalue weighted by Gasteiger charge is 2.30. The third-order valence-electron chi connectivity index (χ3n) is 4.41. The number of methoxy groups -OCH3 is 1. The summed E-state index contributed by atoms with van der Waals surface area (Å²) in [7, 11) is 1.23. The molecule has 4 N–H and O–H groups in total. The van der Waals surface area contributed by atoms with Gasteiger partial charge in [0.25, 0.3) is 0 Å². The molecule has 1 amide bonds. The van der Waals surface area contributed by atoms with Crippen LogP contribution >= 0.6 is 11.8 Å². The Bertz CT molecular complexity index is 797. The number of carbonyl (C=O) groups excluding carboxylic acids is 3. The summed E-state index contributed by atoms with van der Waals surface area (Å²) in [4.78, 5) is 37.5. The molecule has 1 aliphatic heterocycles. The van der Waals surface area contributed by atoms with Crippen molar-refractivity contribution < 1.29 is 34.1 Å². The van der Waals surface area contributed by atoms with E-state index in [1.54, 1.807) is 6.92 Å². The first-order valence-corrected chi connectivity index (χ1v) is 10.2. The minimum absolute atomic E-state index is 0.0499. The summed E-state index contributed by atoms with van der Waals surface area (Å²) in [6, 6.07) is -0.736. The van der Waals surface area contributed by atoms with E-state index >= 15 is 0 Å². The Morgan fingerprint density at radius 1 is 1.34 bits per heavy atom. The van der Waals surface area contributed by atoms with Crippen LogP contribution < -0.4 is 10.6 Å². The third kappa shape index (κ3) is 5.54. The van der Waals surface area contributed by atoms with E-state index in [1.165, 1.54) is 18.9 Å². The van der Waals surface area contributed by atoms with E-state index < -0.39 is 29.9 Å². The number of phenolic OH excluding ortho intramolecular Hbond substituents is 2. The molecular weight excluding hydrogens is 400 g/mol. The normalized spacial score (nSPS) is 20.7. The molecule has 0 saturated carbocycles. The Labute approximate surface area is 173 Å². The average molecular weight is 426 g/mol. The Morgan fingerprint density at radius 2 is 2.03 bits per heavy atom. The second-order valence-electron chi connectivity index (χ2n) is 6.97. The van der Waals surface area contributed by atoms with Gasteiger partial charge in [0.1, 0.15) is 30.2 Å². The number of aromatic hydroxyl groups is 2. The lowest BCUT2D eigenvalue weighted by Gasteiger charge is -2.25. The first-order valence-electron chi connectivity index (χ1n) is 9.09. The number of hydrogen-bond acceptors (Lipinski definition) is 9. The highest BCUT2D eigenvalue weighted by atomic mass is 32.2. The lowest BCUT2D eigenvalue weighted by atomic mass is 10.0. The number of hydrogen-bond donors (Lipinski definition) is 4. The molecule has 0 unspecified atom stereocenters. The zero-order chi connectivity index (χ0) is 21.7. The molecule has 0 bridgehead atoms. The van der Waals surface area contributed by atoms with Crippen molar-refractivity contribution in [2.75, 3.05) is 19.5 Å². The zero-order valence-corrected chi connectivity index (χ0v) is 17.6. The molecule has 160 valence electrons. The summed E-state index contributed by atoms with van der Waals surface area (Å²) in [6.45, 7) is 4.90. The van der Waals surface area contributed by atoms with Gasteiger partial charge in [0.15, 0.2) is 0 Å². The molecule has 29 heavy (non-hydrogen) atoms. The number of phenols is 2. The number of carbonyl (C=O) groups is 3. The summed E-state index contributed by atoms with van der Waals surface area (Å²) in [5.41, 5.74) is 0.607. The lowest BCUT2D eigenvalue weighted by Crippen LogP contribution is -2.54. The van der Waals surface area contributed by atoms with Gasteiger partial charge < -0.3 is 30.3 Å². The van der Waals surface area contributed by atoms with Crippen molar-refractivity contribution >= 4 is 29.6 Å². The molecule has 0 fully saturated rings. The number of rotatable bonds is 3. The highest BCUT2D eigenvalue weighted by Crippen LogP contribution is 2.35. The van der Waals surface area contributed by atoms with E-state index in [1.807, 2.05) is 13.8 Å². The summed E-state index contributed by atoms with van der Waals surface area (Å²) in [6.07, 6.45) is 0. The molecule has 1 aromatic rings. The zero-order valence-electron chi connectivity index (χ0n) is 16.8. The van der Waals surface area contributed by atoms with Gasteiger partial charge in [-0.3, -0.25) is 4.79 Å². The van der Waals surface area contributed by atoms with Crippen molar-refractivity contribution in [1.29, 1.82) is 0 Å². The van der Waals surface area contributed by atoms with Gasteiger partial charge in [-0.05, 0) is 6.92 Å². The van der Waals surface area contributed by atoms with Crippen LogP contribution in [0.1, 0.15) is 35.3 Å². The first kappa shape index (κ1) is 22.8. The number of thioether (sulfide) groups is 1. The molecule has 1 aromatic carbocycles. The predicted octanol–water partition coefficient (Wildman–Crippen LogP) is 0.834. The molecule has 2 atom stereocenters. The number of esters is 2. The van der Waals surface area contributed by atoms with E-state index in [0.29, 0.717) is 5.56 Å². The number of ether oxygens (including phenoxy) is 2. The second kappa shape index (κ2) is 9.84. The van der Waals surface area contributed by atoms with Crippen LogP contribution in [0.2, 0.25) is 0 Å². The Kier molecular flexibility index (Phi) is 7.74. The Morgan fingerprint density at radius 3 is 2.66 bits per heavy atom. The van der Waals surface area contributed by atoms with Crippen LogP contribution in [0, 0.1) is 6.92 Å². The summed E-state index contributed by atoms with van der Waals surface area (Å²) in [5.74, 6) is -2.02. The number of cyclic esters (lactones) is 1. The van der Waals surface area contributed by atoms with Crippen LogP contribution in [0.25, 0.3) is 0 Å². The number of nitrogens with one attached hydrogen (secondary N) is 2. The molecule has 1 aliphatic rings. The van der Waals surface area contributed by atoms with E-state index in [4.69, 9.17) is 9.47 Å². The molecule has 0 aromatic heterocycles. The monoisotopic (exact) mass is 426 g/mol. The molecule has 0 spiro atoms. The fraction of sp³-hybridized carbons (Fsp3) is 0.526. The molecule has 9 nitrogen and oxygen atoms in total. The fourth-order valence-electron chi connectivity index (χ4n) is 2.92. The largest absolute Gasteiger partial charge is 0.508 e. The smallest absolute Gasteiger partial charge is 0.339 e. The maximum absolute atomic E-state index is 12.7. The lowest BCUT2D eigenvalue weighted by molar-refractivity contribution is -0.144. The van der Waals surface area contributed by atoms with Crippen molar-refractivity contribution in [2.24, 2.45) is 0 Å². The van der Waals surface area contributed by atoms with Crippen LogP contribution in [-0.4, -0.2) is 65.7 Å². The van der Waals surface area contributed by atoms with Gasteiger partial charge in [-0.2, -0.15) is 11.8 Å². The van der Waals surface area contributed by atoms with Crippen LogP contribution in [0.3, 0.4) is 0 Å². The van der Waals surface area contributed by atoms with Crippen LogP contribution in [0.5, 0.6) is 11.5 Å². The van der Waals surface area contributed by atoms with Gasteiger partial charge in [0.05, 0.1) is 12.7 Å². The molecule has 10 heteroatoms. The second-order valence-corrected chi connectivity index (χ2v) is 8.00. The van der Waals surface area contributed by atoms with Crippen molar-refractivity contribution in [1.82, 2.24) is 10.6 Å². The van der Waals surface area contributed by atoms with E-state index in [9.17, 15) is 24.6 Å². The molecule has 0 saturated heterocycles. The first-order chi connectivity index (χ1) is 13.6. The topological polar surface area (TPSA) is 134 Å². The minimum atomic E-state index is -0.909. The van der Waals surface area contributed by atoms with Crippen molar-refractivity contribution in [3.05, 3.63) is 22.8 Å². The number of fused-ring (bicyclic) bond motifs is 1. The van der Waals surface area contributed by atoms with Gasteiger partial charge in [0, 0.05) is 34.7 Å². The van der Waals surface area contributed by atoms with Crippen LogP contribution in [-0.2, 0) is 24.8 Å². The van der Waals surface area contributed by atoms with Gasteiger partial charge >= 0.3 is 11.9 Å². The summed E-state index contributed by atoms with van der Waals surface area (Å²) >= 11 is 1.22. The Balaban J connectivity index is 2.45. The SMILES string of the molecule is COC(=O)[C@@H]1CSCc2c(O)cc(O)c(C)c2C(=O)OC[C@H](NC(C)C)C(=O)N1. The van der Waals surface area contributed by atoms with Crippen LogP contribution in [0.4, 0.5) is 0 Å². The van der Waals surface area contributed by atoms with Gasteiger partial charge in [-0.15, -0.1) is 0 Å². The fourth-order valence-corrected chi connectivity index (χ4v) is 3.99. The average Bonchev–Trinajstić information content (AvgIpc) is 2.66. The molecular formula is C19H26N2O7S. The maximum Gasteiger partial charge on any atom is 0.339 e. The minimum Gasteiger partial charge on any atom is -0.508 e. The van der Waals surface area contributed by atoms with Crippen molar-refractivity contribution in [3.8, 4) is 11.5 Å². The van der Waals surface area contributed by atoms with Gasteiger partial charge in [0.2, 0.25) is 5.91 Å². The van der Waals surface area contributed by atoms with E-state index in [0.717, 1.165) is 6.07 Å². The summed E-state index contributed by atoms with van der Waals surface area (Å²) < 4.78 is 10.1. The predicted molar refractivity (Wildman–Crippen MR) is 107 cm³/mol. The van der Waals surface area contributed by atoms with Crippen LogP contribution in [0.15, 0.2) is 6.07 Å². The van der Waals surface area contributed by atoms with E-state index in [-0.39, 0.29) is 46.8 Å². The van der Waals surface area contributed by atoms with E-state index in [2.05, 4.69) is 10.6 Å². The maximum atomic E-state index is 12.7. The molecule has 1 heterocycles.